The molecule has 1 fully saturated rings. The van der Waals surface area contributed by atoms with Gasteiger partial charge in [0.2, 0.25) is 0 Å². The standard InChI is InChI=1S/C15H23BrN2O/c1-4-15(2)11-18(8-7-17-15)10-12-9-13(19-3)5-6-14(12)16/h5-6,9,17H,4,7-8,10-11H2,1-3H3. The largest absolute Gasteiger partial charge is 0.497 e. The van der Waals surface area contributed by atoms with Gasteiger partial charge in [0, 0.05) is 36.2 Å². The van der Waals surface area contributed by atoms with Crippen molar-refractivity contribution in [3.05, 3.63) is 28.2 Å². The van der Waals surface area contributed by atoms with Crippen LogP contribution in [0.25, 0.3) is 0 Å². The van der Waals surface area contributed by atoms with Crippen molar-refractivity contribution in [1.82, 2.24) is 10.2 Å². The molecule has 0 aromatic heterocycles. The Morgan fingerprint density at radius 2 is 2.26 bits per heavy atom. The van der Waals surface area contributed by atoms with Crippen molar-refractivity contribution in [2.45, 2.75) is 32.4 Å². The summed E-state index contributed by atoms with van der Waals surface area (Å²) in [6, 6.07) is 6.17. The Labute approximate surface area is 124 Å². The van der Waals surface area contributed by atoms with Crippen LogP contribution in [0, 0.1) is 0 Å². The topological polar surface area (TPSA) is 24.5 Å². The average molecular weight is 327 g/mol. The molecule has 1 unspecified atom stereocenters. The molecule has 0 amide bonds. The first-order valence-electron chi connectivity index (χ1n) is 6.86. The number of halogens is 1. The molecule has 4 heteroatoms. The summed E-state index contributed by atoms with van der Waals surface area (Å²) in [4.78, 5) is 2.51. The predicted octanol–water partition coefficient (Wildman–Crippen LogP) is 3.03. The predicted molar refractivity (Wildman–Crippen MR) is 82.7 cm³/mol. The van der Waals surface area contributed by atoms with Gasteiger partial charge in [0.25, 0.3) is 0 Å². The molecule has 0 spiro atoms. The molecule has 1 aliphatic heterocycles. The van der Waals surface area contributed by atoms with Crippen LogP contribution in [-0.2, 0) is 6.54 Å². The summed E-state index contributed by atoms with van der Waals surface area (Å²) in [7, 11) is 1.71. The maximum Gasteiger partial charge on any atom is 0.119 e. The van der Waals surface area contributed by atoms with Crippen molar-refractivity contribution in [1.29, 1.82) is 0 Å². The van der Waals surface area contributed by atoms with Crippen molar-refractivity contribution < 1.29 is 4.74 Å². The molecule has 0 bridgehead atoms. The van der Waals surface area contributed by atoms with E-state index in [4.69, 9.17) is 4.74 Å². The number of hydrogen-bond acceptors (Lipinski definition) is 3. The molecule has 1 aliphatic rings. The Kier molecular flexibility index (Phi) is 4.87. The number of benzene rings is 1. The number of piperazine rings is 1. The van der Waals surface area contributed by atoms with Crippen LogP contribution in [0.3, 0.4) is 0 Å². The highest BCUT2D eigenvalue weighted by Gasteiger charge is 2.28. The minimum Gasteiger partial charge on any atom is -0.497 e. The molecule has 3 nitrogen and oxygen atoms in total. The molecule has 1 saturated heterocycles. The molecule has 0 radical (unpaired) electrons. The van der Waals surface area contributed by atoms with Gasteiger partial charge in [-0.3, -0.25) is 4.90 Å². The molecular formula is C15H23BrN2O. The number of hydrogen-bond donors (Lipinski definition) is 1. The maximum atomic E-state index is 5.31. The zero-order chi connectivity index (χ0) is 13.9. The van der Waals surface area contributed by atoms with E-state index in [1.165, 1.54) is 5.56 Å². The van der Waals surface area contributed by atoms with E-state index in [0.717, 1.165) is 42.8 Å². The van der Waals surface area contributed by atoms with Crippen LogP contribution in [-0.4, -0.2) is 37.2 Å². The van der Waals surface area contributed by atoms with Gasteiger partial charge in [0.15, 0.2) is 0 Å². The second-order valence-corrected chi connectivity index (χ2v) is 6.36. The monoisotopic (exact) mass is 326 g/mol. The van der Waals surface area contributed by atoms with Crippen molar-refractivity contribution in [3.8, 4) is 5.75 Å². The molecule has 0 aliphatic carbocycles. The summed E-state index contributed by atoms with van der Waals surface area (Å²) in [6.45, 7) is 8.77. The summed E-state index contributed by atoms with van der Waals surface area (Å²) in [6.07, 6.45) is 1.16. The van der Waals surface area contributed by atoms with E-state index < -0.39 is 0 Å². The Morgan fingerprint density at radius 3 is 2.95 bits per heavy atom. The molecule has 1 N–H and O–H groups in total. The van der Waals surface area contributed by atoms with Crippen molar-refractivity contribution in [2.75, 3.05) is 26.7 Å². The van der Waals surface area contributed by atoms with Crippen LogP contribution in [0.2, 0.25) is 0 Å². The molecule has 106 valence electrons. The smallest absolute Gasteiger partial charge is 0.119 e. The van der Waals surface area contributed by atoms with Gasteiger partial charge in [-0.05, 0) is 37.1 Å². The van der Waals surface area contributed by atoms with Crippen LogP contribution < -0.4 is 10.1 Å². The van der Waals surface area contributed by atoms with E-state index in [9.17, 15) is 0 Å². The fourth-order valence-electron chi connectivity index (χ4n) is 2.56. The van der Waals surface area contributed by atoms with Gasteiger partial charge in [0.05, 0.1) is 7.11 Å². The first kappa shape index (κ1) is 14.8. The average Bonchev–Trinajstić information content (AvgIpc) is 2.41. The van der Waals surface area contributed by atoms with Gasteiger partial charge in [-0.15, -0.1) is 0 Å². The summed E-state index contributed by atoms with van der Waals surface area (Å²) in [5.41, 5.74) is 1.53. The number of nitrogens with zero attached hydrogens (tertiary/aromatic N) is 1. The highest BCUT2D eigenvalue weighted by atomic mass is 79.9. The van der Waals surface area contributed by atoms with Crippen molar-refractivity contribution in [2.24, 2.45) is 0 Å². The normalized spacial score (nSPS) is 24.4. The summed E-state index contributed by atoms with van der Waals surface area (Å²) < 4.78 is 6.47. The maximum absolute atomic E-state index is 5.31. The lowest BCUT2D eigenvalue weighted by Crippen LogP contribution is -2.58. The van der Waals surface area contributed by atoms with E-state index in [-0.39, 0.29) is 5.54 Å². The highest BCUT2D eigenvalue weighted by molar-refractivity contribution is 9.10. The molecule has 1 aromatic carbocycles. The van der Waals surface area contributed by atoms with Crippen LogP contribution in [0.5, 0.6) is 5.75 Å². The SMILES string of the molecule is CCC1(C)CN(Cc2cc(OC)ccc2Br)CCN1. The minimum atomic E-state index is 0.240. The van der Waals surface area contributed by atoms with Crippen LogP contribution in [0.15, 0.2) is 22.7 Å². The lowest BCUT2D eigenvalue weighted by Gasteiger charge is -2.41. The molecule has 1 aromatic rings. The first-order valence-corrected chi connectivity index (χ1v) is 7.65. The van der Waals surface area contributed by atoms with Gasteiger partial charge in [0.1, 0.15) is 5.75 Å². The molecule has 1 heterocycles. The molecular weight excluding hydrogens is 304 g/mol. The molecule has 2 rings (SSSR count). The van der Waals surface area contributed by atoms with Gasteiger partial charge in [-0.1, -0.05) is 22.9 Å². The van der Waals surface area contributed by atoms with Crippen molar-refractivity contribution >= 4 is 15.9 Å². The first-order chi connectivity index (χ1) is 9.06. The van der Waals surface area contributed by atoms with E-state index in [0.29, 0.717) is 0 Å². The molecule has 19 heavy (non-hydrogen) atoms. The third kappa shape index (κ3) is 3.71. The lowest BCUT2D eigenvalue weighted by molar-refractivity contribution is 0.133. The summed E-state index contributed by atoms with van der Waals surface area (Å²) in [5, 5.41) is 3.62. The Morgan fingerprint density at radius 1 is 1.47 bits per heavy atom. The van der Waals surface area contributed by atoms with Crippen LogP contribution >= 0.6 is 15.9 Å². The number of nitrogens with one attached hydrogen (secondary N) is 1. The van der Waals surface area contributed by atoms with E-state index in [2.05, 4.69) is 52.1 Å². The van der Waals surface area contributed by atoms with E-state index in [1.54, 1.807) is 7.11 Å². The van der Waals surface area contributed by atoms with E-state index >= 15 is 0 Å². The zero-order valence-electron chi connectivity index (χ0n) is 12.0. The molecule has 1 atom stereocenters. The number of methoxy groups -OCH3 is 1. The highest BCUT2D eigenvalue weighted by Crippen LogP contribution is 2.25. The van der Waals surface area contributed by atoms with Gasteiger partial charge in [-0.2, -0.15) is 0 Å². The third-order valence-electron chi connectivity index (χ3n) is 3.98. The zero-order valence-corrected chi connectivity index (χ0v) is 13.6. The Balaban J connectivity index is 2.08. The summed E-state index contributed by atoms with van der Waals surface area (Å²) >= 11 is 3.63. The lowest BCUT2D eigenvalue weighted by atomic mass is 9.95. The van der Waals surface area contributed by atoms with E-state index in [1.807, 2.05) is 6.07 Å². The van der Waals surface area contributed by atoms with Gasteiger partial charge >= 0.3 is 0 Å². The molecule has 0 saturated carbocycles. The number of rotatable bonds is 4. The fraction of sp³-hybridized carbons (Fsp3) is 0.600. The Hall–Kier alpha value is -0.580. The van der Waals surface area contributed by atoms with Crippen molar-refractivity contribution in [3.63, 3.8) is 0 Å². The minimum absolute atomic E-state index is 0.240. The second kappa shape index (κ2) is 6.25. The fourth-order valence-corrected chi connectivity index (χ4v) is 2.93. The van der Waals surface area contributed by atoms with Crippen LogP contribution in [0.1, 0.15) is 25.8 Å². The van der Waals surface area contributed by atoms with Crippen LogP contribution in [0.4, 0.5) is 0 Å². The third-order valence-corrected chi connectivity index (χ3v) is 4.75. The summed E-state index contributed by atoms with van der Waals surface area (Å²) in [5.74, 6) is 0.923. The second-order valence-electron chi connectivity index (χ2n) is 5.51. The Bertz CT molecular complexity index is 438. The van der Waals surface area contributed by atoms with Gasteiger partial charge < -0.3 is 10.1 Å². The quantitative estimate of drug-likeness (QED) is 0.920. The van der Waals surface area contributed by atoms with Gasteiger partial charge in [-0.25, -0.2) is 0 Å². The number of ether oxygens (including phenoxy) is 1.